The van der Waals surface area contributed by atoms with Crippen LogP contribution in [0.1, 0.15) is 27.2 Å². The van der Waals surface area contributed by atoms with E-state index in [1.165, 1.54) is 6.08 Å². The summed E-state index contributed by atoms with van der Waals surface area (Å²) in [5.74, 6) is -4.84. The maximum absolute atomic E-state index is 12.6. The lowest BCUT2D eigenvalue weighted by Crippen LogP contribution is -2.47. The van der Waals surface area contributed by atoms with Crippen LogP contribution in [0.2, 0.25) is 0 Å². The molecule has 176 valence electrons. The number of carbonyl (C=O) groups is 4. The Hall–Kier alpha value is -2.98. The summed E-state index contributed by atoms with van der Waals surface area (Å²) in [5, 5.41) is 20.2. The molecule has 32 heavy (non-hydrogen) atoms. The fourth-order valence-corrected chi connectivity index (χ4v) is 3.56. The molecule has 1 heterocycles. The Morgan fingerprint density at radius 2 is 1.91 bits per heavy atom. The Labute approximate surface area is 185 Å². The second kappa shape index (κ2) is 10.6. The lowest BCUT2D eigenvalue weighted by molar-refractivity contribution is -0.172. The van der Waals surface area contributed by atoms with Gasteiger partial charge in [-0.05, 0) is 17.7 Å². The highest BCUT2D eigenvalue weighted by atomic mass is 16.6. The van der Waals surface area contributed by atoms with E-state index < -0.39 is 66.7 Å². The summed E-state index contributed by atoms with van der Waals surface area (Å²) in [6, 6.07) is 0. The lowest BCUT2D eigenvalue weighted by Gasteiger charge is -2.34. The molecule has 1 aliphatic heterocycles. The smallest absolute Gasteiger partial charge is 0.337 e. The third kappa shape index (κ3) is 5.63. The van der Waals surface area contributed by atoms with E-state index in [-0.39, 0.29) is 17.6 Å². The van der Waals surface area contributed by atoms with Crippen molar-refractivity contribution in [3.63, 3.8) is 0 Å². The molecule has 0 radical (unpaired) electrons. The minimum absolute atomic E-state index is 0.0624. The summed E-state index contributed by atoms with van der Waals surface area (Å²) in [4.78, 5) is 49.4. The SMILES string of the molecule is C=C1C(=O)O[C@@H]2C=C(CO)C[C@H](O)/C=C(/C(=O)OC)[C@@H](OC(C)=O)[C@@H](OC(=O)C(C)C)[C@@H]12. The molecule has 1 fully saturated rings. The number of hydrogen-bond acceptors (Lipinski definition) is 10. The molecule has 0 aromatic heterocycles. The Kier molecular flexibility index (Phi) is 8.34. The largest absolute Gasteiger partial charge is 0.466 e. The Bertz CT molecular complexity index is 853. The summed E-state index contributed by atoms with van der Waals surface area (Å²) in [6.07, 6.45) is -2.84. The molecule has 0 aromatic rings. The van der Waals surface area contributed by atoms with Crippen LogP contribution < -0.4 is 0 Å². The lowest BCUT2D eigenvalue weighted by atomic mass is 9.83. The maximum atomic E-state index is 12.6. The summed E-state index contributed by atoms with van der Waals surface area (Å²) in [7, 11) is 1.09. The highest BCUT2D eigenvalue weighted by Crippen LogP contribution is 2.38. The van der Waals surface area contributed by atoms with E-state index in [0.29, 0.717) is 5.57 Å². The first-order chi connectivity index (χ1) is 15.0. The number of esters is 4. The minimum atomic E-state index is -1.53. The Balaban J connectivity index is 2.77. The number of hydrogen-bond donors (Lipinski definition) is 2. The van der Waals surface area contributed by atoms with Gasteiger partial charge in [0.1, 0.15) is 6.10 Å². The van der Waals surface area contributed by atoms with Gasteiger partial charge in [0.25, 0.3) is 0 Å². The molecule has 0 bridgehead atoms. The highest BCUT2D eigenvalue weighted by Gasteiger charge is 2.51. The fourth-order valence-electron chi connectivity index (χ4n) is 3.56. The Morgan fingerprint density at radius 3 is 2.44 bits per heavy atom. The van der Waals surface area contributed by atoms with Gasteiger partial charge in [-0.1, -0.05) is 20.4 Å². The fraction of sp³-hybridized carbons (Fsp3) is 0.545. The third-order valence-corrected chi connectivity index (χ3v) is 5.10. The van der Waals surface area contributed by atoms with Crippen molar-refractivity contribution in [1.82, 2.24) is 0 Å². The van der Waals surface area contributed by atoms with Crippen molar-refractivity contribution in [2.24, 2.45) is 11.8 Å². The molecule has 0 unspecified atom stereocenters. The molecule has 1 saturated heterocycles. The zero-order chi connectivity index (χ0) is 24.2. The van der Waals surface area contributed by atoms with E-state index in [0.717, 1.165) is 20.1 Å². The van der Waals surface area contributed by atoms with Crippen LogP contribution in [0.25, 0.3) is 0 Å². The van der Waals surface area contributed by atoms with Crippen molar-refractivity contribution >= 4 is 23.9 Å². The predicted molar refractivity (Wildman–Crippen MR) is 109 cm³/mol. The average Bonchev–Trinajstić information content (AvgIpc) is 3.00. The average molecular weight is 452 g/mol. The molecule has 0 amide bonds. The van der Waals surface area contributed by atoms with Crippen LogP contribution in [0.15, 0.2) is 35.5 Å². The summed E-state index contributed by atoms with van der Waals surface area (Å²) < 4.78 is 21.1. The second-order valence-corrected chi connectivity index (χ2v) is 7.88. The molecule has 10 nitrogen and oxygen atoms in total. The molecule has 0 spiro atoms. The molecule has 2 N–H and O–H groups in total. The van der Waals surface area contributed by atoms with E-state index in [1.54, 1.807) is 13.8 Å². The number of methoxy groups -OCH3 is 1. The van der Waals surface area contributed by atoms with Crippen molar-refractivity contribution in [2.45, 2.75) is 51.6 Å². The first-order valence-electron chi connectivity index (χ1n) is 10.1. The normalized spacial score (nSPS) is 29.8. The van der Waals surface area contributed by atoms with Gasteiger partial charge in [-0.25, -0.2) is 9.59 Å². The van der Waals surface area contributed by atoms with E-state index in [9.17, 15) is 29.4 Å². The topological polar surface area (TPSA) is 146 Å². The van der Waals surface area contributed by atoms with Gasteiger partial charge in [-0.2, -0.15) is 0 Å². The standard InChI is InChI=1S/C22H28O10/c1-10(2)20(26)32-19-17-11(3)21(27)31-16(17)7-13(9-23)6-14(25)8-15(22(28)29-5)18(19)30-12(4)24/h7-8,10,14,16-19,23,25H,3,6,9H2,1-2,4-5H3/b13-7?,15-8+/t14-,16+,17-,18+,19-/m0/s1. The van der Waals surface area contributed by atoms with Crippen molar-refractivity contribution < 1.29 is 48.3 Å². The number of ether oxygens (including phenoxy) is 4. The van der Waals surface area contributed by atoms with Crippen molar-refractivity contribution in [3.05, 3.63) is 35.5 Å². The van der Waals surface area contributed by atoms with Gasteiger partial charge in [-0.3, -0.25) is 9.59 Å². The monoisotopic (exact) mass is 452 g/mol. The molecule has 2 aliphatic rings. The summed E-state index contributed by atoms with van der Waals surface area (Å²) in [5.41, 5.74) is -0.0373. The van der Waals surface area contributed by atoms with E-state index >= 15 is 0 Å². The first kappa shape index (κ1) is 25.3. The molecule has 0 saturated carbocycles. The molecular weight excluding hydrogens is 424 g/mol. The van der Waals surface area contributed by atoms with Crippen LogP contribution in [0.3, 0.4) is 0 Å². The van der Waals surface area contributed by atoms with Gasteiger partial charge >= 0.3 is 23.9 Å². The number of fused-ring (bicyclic) bond motifs is 1. The van der Waals surface area contributed by atoms with Gasteiger partial charge in [0.05, 0.1) is 37.2 Å². The molecule has 0 aromatic carbocycles. The quantitative estimate of drug-likeness (QED) is 0.260. The number of aliphatic hydroxyl groups is 2. The number of carbonyl (C=O) groups excluding carboxylic acids is 4. The third-order valence-electron chi connectivity index (χ3n) is 5.10. The molecule has 1 aliphatic carbocycles. The first-order valence-corrected chi connectivity index (χ1v) is 10.1. The van der Waals surface area contributed by atoms with Crippen molar-refractivity contribution in [1.29, 1.82) is 0 Å². The van der Waals surface area contributed by atoms with Crippen LogP contribution >= 0.6 is 0 Å². The molecule has 5 atom stereocenters. The van der Waals surface area contributed by atoms with Crippen LogP contribution in [-0.4, -0.2) is 72.2 Å². The van der Waals surface area contributed by atoms with Crippen LogP contribution in [0.4, 0.5) is 0 Å². The molecular formula is C22H28O10. The van der Waals surface area contributed by atoms with Gasteiger partial charge in [0.15, 0.2) is 12.2 Å². The van der Waals surface area contributed by atoms with E-state index in [2.05, 4.69) is 6.58 Å². The van der Waals surface area contributed by atoms with Crippen molar-refractivity contribution in [2.75, 3.05) is 13.7 Å². The van der Waals surface area contributed by atoms with Crippen LogP contribution in [0.5, 0.6) is 0 Å². The van der Waals surface area contributed by atoms with Gasteiger partial charge in [0, 0.05) is 18.9 Å². The maximum Gasteiger partial charge on any atom is 0.337 e. The predicted octanol–water partition coefficient (Wildman–Crippen LogP) is 0.366. The zero-order valence-electron chi connectivity index (χ0n) is 18.4. The number of rotatable bonds is 5. The van der Waals surface area contributed by atoms with E-state index in [4.69, 9.17) is 18.9 Å². The molecule has 10 heteroatoms. The molecule has 2 rings (SSSR count). The van der Waals surface area contributed by atoms with Crippen LogP contribution in [-0.2, 0) is 38.1 Å². The second-order valence-electron chi connectivity index (χ2n) is 7.88. The van der Waals surface area contributed by atoms with E-state index in [1.807, 2.05) is 0 Å². The zero-order valence-corrected chi connectivity index (χ0v) is 18.4. The highest BCUT2D eigenvalue weighted by molar-refractivity contribution is 5.93. The van der Waals surface area contributed by atoms with Gasteiger partial charge in [0.2, 0.25) is 0 Å². The van der Waals surface area contributed by atoms with Crippen molar-refractivity contribution in [3.8, 4) is 0 Å². The number of aliphatic hydroxyl groups excluding tert-OH is 2. The summed E-state index contributed by atoms with van der Waals surface area (Å²) in [6.45, 7) is 7.53. The van der Waals surface area contributed by atoms with Gasteiger partial charge < -0.3 is 29.2 Å². The van der Waals surface area contributed by atoms with Gasteiger partial charge in [-0.15, -0.1) is 0 Å². The Morgan fingerprint density at radius 1 is 1.25 bits per heavy atom. The van der Waals surface area contributed by atoms with Crippen LogP contribution in [0, 0.1) is 11.8 Å². The summed E-state index contributed by atoms with van der Waals surface area (Å²) >= 11 is 0. The minimum Gasteiger partial charge on any atom is -0.466 e.